The molecule has 0 aromatic heterocycles. The van der Waals surface area contributed by atoms with Crippen molar-refractivity contribution in [3.63, 3.8) is 0 Å². The van der Waals surface area contributed by atoms with Crippen molar-refractivity contribution in [2.45, 2.75) is 6.54 Å². The van der Waals surface area contributed by atoms with Crippen molar-refractivity contribution < 1.29 is 19.1 Å². The van der Waals surface area contributed by atoms with Crippen LogP contribution in [0.5, 0.6) is 11.5 Å². The van der Waals surface area contributed by atoms with Gasteiger partial charge in [-0.2, -0.15) is 0 Å². The lowest BCUT2D eigenvalue weighted by Gasteiger charge is -2.19. The van der Waals surface area contributed by atoms with Crippen molar-refractivity contribution >= 4 is 23.3 Å². The van der Waals surface area contributed by atoms with Crippen LogP contribution in [-0.2, 0) is 6.54 Å². The smallest absolute Gasteiger partial charge is 0.254 e. The fraction of sp³-hybridized carbons (Fsp3) is 0.130. The zero-order chi connectivity index (χ0) is 20.4. The lowest BCUT2D eigenvalue weighted by atomic mass is 9.97. The maximum absolute atomic E-state index is 13.1. The van der Waals surface area contributed by atoms with Crippen molar-refractivity contribution in [3.05, 3.63) is 94.0 Å². The van der Waals surface area contributed by atoms with Crippen LogP contribution < -0.4 is 9.47 Å². The Morgan fingerprint density at radius 3 is 2.38 bits per heavy atom. The number of ketones is 1. The van der Waals surface area contributed by atoms with Gasteiger partial charge in [0.05, 0.1) is 5.56 Å². The van der Waals surface area contributed by atoms with Gasteiger partial charge in [-0.25, -0.2) is 0 Å². The van der Waals surface area contributed by atoms with Gasteiger partial charge < -0.3 is 14.4 Å². The van der Waals surface area contributed by atoms with E-state index in [9.17, 15) is 9.59 Å². The van der Waals surface area contributed by atoms with E-state index in [-0.39, 0.29) is 18.5 Å². The number of amides is 1. The van der Waals surface area contributed by atoms with Gasteiger partial charge in [0.15, 0.2) is 17.3 Å². The highest BCUT2D eigenvalue weighted by atomic mass is 35.5. The Labute approximate surface area is 173 Å². The van der Waals surface area contributed by atoms with Gasteiger partial charge in [0.25, 0.3) is 5.91 Å². The van der Waals surface area contributed by atoms with Crippen LogP contribution in [0.15, 0.2) is 66.7 Å². The van der Waals surface area contributed by atoms with Gasteiger partial charge >= 0.3 is 0 Å². The summed E-state index contributed by atoms with van der Waals surface area (Å²) in [6.45, 7) is 0.576. The molecule has 146 valence electrons. The maximum atomic E-state index is 13.1. The predicted molar refractivity (Wildman–Crippen MR) is 110 cm³/mol. The number of fused-ring (bicyclic) bond motifs is 1. The second-order valence-electron chi connectivity index (χ2n) is 6.73. The molecule has 5 nitrogen and oxygen atoms in total. The van der Waals surface area contributed by atoms with Crippen LogP contribution in [0.25, 0.3) is 0 Å². The molecule has 29 heavy (non-hydrogen) atoms. The third-order valence-electron chi connectivity index (χ3n) is 4.71. The van der Waals surface area contributed by atoms with Gasteiger partial charge in [0.1, 0.15) is 0 Å². The van der Waals surface area contributed by atoms with Crippen LogP contribution in [0.2, 0.25) is 5.02 Å². The van der Waals surface area contributed by atoms with E-state index in [1.165, 1.54) is 0 Å². The topological polar surface area (TPSA) is 55.8 Å². The Morgan fingerprint density at radius 2 is 1.62 bits per heavy atom. The fourth-order valence-electron chi connectivity index (χ4n) is 3.21. The second-order valence-corrected chi connectivity index (χ2v) is 7.17. The first-order chi connectivity index (χ1) is 14.0. The van der Waals surface area contributed by atoms with Crippen molar-refractivity contribution in [2.75, 3.05) is 13.8 Å². The summed E-state index contributed by atoms with van der Waals surface area (Å²) < 4.78 is 10.7. The summed E-state index contributed by atoms with van der Waals surface area (Å²) in [6.07, 6.45) is 0. The van der Waals surface area contributed by atoms with Gasteiger partial charge in [-0.05, 0) is 48.0 Å². The molecule has 0 saturated heterocycles. The van der Waals surface area contributed by atoms with Gasteiger partial charge in [-0.3, -0.25) is 9.59 Å². The summed E-state index contributed by atoms with van der Waals surface area (Å²) in [7, 11) is 1.70. The molecule has 4 rings (SSSR count). The first kappa shape index (κ1) is 19.0. The van der Waals surface area contributed by atoms with Gasteiger partial charge in [0.2, 0.25) is 6.79 Å². The molecule has 0 N–H and O–H groups in total. The molecule has 1 amide bonds. The minimum atomic E-state index is -0.236. The number of nitrogens with zero attached hydrogens (tertiary/aromatic N) is 1. The van der Waals surface area contributed by atoms with Gasteiger partial charge in [0, 0.05) is 29.7 Å². The van der Waals surface area contributed by atoms with Crippen LogP contribution in [0, 0.1) is 0 Å². The zero-order valence-electron chi connectivity index (χ0n) is 15.7. The van der Waals surface area contributed by atoms with Crippen molar-refractivity contribution in [2.24, 2.45) is 0 Å². The normalized spacial score (nSPS) is 11.9. The van der Waals surface area contributed by atoms with Gasteiger partial charge in [-0.15, -0.1) is 0 Å². The number of carbonyl (C=O) groups is 2. The van der Waals surface area contributed by atoms with Gasteiger partial charge in [-0.1, -0.05) is 35.9 Å². The Kier molecular flexibility index (Phi) is 5.23. The van der Waals surface area contributed by atoms with Crippen molar-refractivity contribution in [1.29, 1.82) is 0 Å². The molecule has 0 aliphatic carbocycles. The molecule has 1 aliphatic rings. The molecule has 0 unspecified atom stereocenters. The van der Waals surface area contributed by atoms with E-state index in [2.05, 4.69) is 0 Å². The first-order valence-electron chi connectivity index (χ1n) is 9.06. The highest BCUT2D eigenvalue weighted by molar-refractivity contribution is 6.30. The molecule has 1 aliphatic heterocycles. The minimum absolute atomic E-state index is 0.202. The average molecular weight is 408 g/mol. The summed E-state index contributed by atoms with van der Waals surface area (Å²) in [5.41, 5.74) is 2.10. The summed E-state index contributed by atoms with van der Waals surface area (Å²) >= 11 is 5.91. The summed E-state index contributed by atoms with van der Waals surface area (Å²) in [6, 6.07) is 19.0. The molecule has 0 atom stereocenters. The van der Waals surface area contributed by atoms with E-state index in [4.69, 9.17) is 21.1 Å². The quantitative estimate of drug-likeness (QED) is 0.581. The van der Waals surface area contributed by atoms with Crippen molar-refractivity contribution in [3.8, 4) is 11.5 Å². The first-order valence-corrected chi connectivity index (χ1v) is 9.44. The molecule has 3 aromatic rings. The van der Waals surface area contributed by atoms with E-state index < -0.39 is 0 Å². The standard InChI is InChI=1S/C23H18ClNO4/c1-25(13-15-6-11-20-21(12-15)29-14-28-20)23(27)19-5-3-2-4-18(19)22(26)16-7-9-17(24)10-8-16/h2-12H,13-14H2,1H3. The number of rotatable bonds is 5. The SMILES string of the molecule is CN(Cc1ccc2c(c1)OCO2)C(=O)c1ccccc1C(=O)c1ccc(Cl)cc1. The summed E-state index contributed by atoms with van der Waals surface area (Å²) in [5.74, 6) is 0.908. The number of hydrogen-bond donors (Lipinski definition) is 0. The van der Waals surface area contributed by atoms with Crippen LogP contribution in [-0.4, -0.2) is 30.4 Å². The van der Waals surface area contributed by atoms with Crippen molar-refractivity contribution in [1.82, 2.24) is 4.90 Å². The van der Waals surface area contributed by atoms with Crippen LogP contribution in [0.4, 0.5) is 0 Å². The van der Waals surface area contributed by atoms with E-state index in [1.54, 1.807) is 60.5 Å². The summed E-state index contributed by atoms with van der Waals surface area (Å²) in [4.78, 5) is 27.6. The lowest BCUT2D eigenvalue weighted by molar-refractivity contribution is 0.0780. The van der Waals surface area contributed by atoms with Crippen LogP contribution >= 0.6 is 11.6 Å². The Hall–Kier alpha value is -3.31. The monoisotopic (exact) mass is 407 g/mol. The molecule has 0 saturated carbocycles. The molecular formula is C23H18ClNO4. The van der Waals surface area contributed by atoms with E-state index in [0.717, 1.165) is 5.56 Å². The predicted octanol–water partition coefficient (Wildman–Crippen LogP) is 4.57. The van der Waals surface area contributed by atoms with Crippen LogP contribution in [0.1, 0.15) is 31.8 Å². The Morgan fingerprint density at radius 1 is 0.931 bits per heavy atom. The Balaban J connectivity index is 1.57. The molecule has 3 aromatic carbocycles. The van der Waals surface area contributed by atoms with Crippen LogP contribution in [0.3, 0.4) is 0 Å². The number of carbonyl (C=O) groups excluding carboxylic acids is 2. The summed E-state index contributed by atoms with van der Waals surface area (Å²) in [5, 5.41) is 0.550. The molecule has 0 radical (unpaired) electrons. The number of benzene rings is 3. The molecule has 0 bridgehead atoms. The average Bonchev–Trinajstić information content (AvgIpc) is 3.21. The Bertz CT molecular complexity index is 1080. The minimum Gasteiger partial charge on any atom is -0.454 e. The van der Waals surface area contributed by atoms with E-state index >= 15 is 0 Å². The molecule has 0 spiro atoms. The van der Waals surface area contributed by atoms with E-state index in [1.807, 2.05) is 18.2 Å². The van der Waals surface area contributed by atoms with E-state index in [0.29, 0.717) is 39.8 Å². The number of halogens is 1. The second kappa shape index (κ2) is 7.97. The maximum Gasteiger partial charge on any atom is 0.254 e. The molecule has 0 fully saturated rings. The third-order valence-corrected chi connectivity index (χ3v) is 4.96. The molecular weight excluding hydrogens is 390 g/mol. The molecule has 1 heterocycles. The zero-order valence-corrected chi connectivity index (χ0v) is 16.5. The number of ether oxygens (including phenoxy) is 2. The highest BCUT2D eigenvalue weighted by Crippen LogP contribution is 2.32. The third kappa shape index (κ3) is 3.96. The fourth-order valence-corrected chi connectivity index (χ4v) is 3.34. The lowest BCUT2D eigenvalue weighted by Crippen LogP contribution is -2.28. The highest BCUT2D eigenvalue weighted by Gasteiger charge is 2.21. The largest absolute Gasteiger partial charge is 0.454 e. The number of hydrogen-bond acceptors (Lipinski definition) is 4. The molecule has 6 heteroatoms.